The Morgan fingerprint density at radius 3 is 2.44 bits per heavy atom. The lowest BCUT2D eigenvalue weighted by molar-refractivity contribution is -0.116. The maximum Gasteiger partial charge on any atom is 0.335 e. The highest BCUT2D eigenvalue weighted by Gasteiger charge is 2.05. The Kier molecular flexibility index (Phi) is 5.32. The van der Waals surface area contributed by atoms with E-state index in [-0.39, 0.29) is 17.5 Å². The number of aromatic carboxylic acids is 1. The molecule has 0 saturated heterocycles. The zero-order valence-corrected chi connectivity index (χ0v) is 10.3. The van der Waals surface area contributed by atoms with Gasteiger partial charge in [-0.3, -0.25) is 4.79 Å². The molecule has 1 aromatic carbocycles. The van der Waals surface area contributed by atoms with Crippen LogP contribution < -0.4 is 11.1 Å². The molecular formula is C13H18N2O3. The fourth-order valence-corrected chi connectivity index (χ4v) is 1.50. The maximum atomic E-state index is 11.5. The van der Waals surface area contributed by atoms with E-state index in [1.165, 1.54) is 12.1 Å². The van der Waals surface area contributed by atoms with E-state index in [0.717, 1.165) is 12.8 Å². The fraction of sp³-hybridized carbons (Fsp3) is 0.385. The number of hydrogen-bond donors (Lipinski definition) is 3. The van der Waals surface area contributed by atoms with Gasteiger partial charge in [0.2, 0.25) is 5.91 Å². The fourth-order valence-electron chi connectivity index (χ4n) is 1.50. The summed E-state index contributed by atoms with van der Waals surface area (Å²) in [5.41, 5.74) is 6.39. The maximum absolute atomic E-state index is 11.5. The molecule has 5 heteroatoms. The van der Waals surface area contributed by atoms with E-state index in [1.54, 1.807) is 12.1 Å². The summed E-state index contributed by atoms with van der Waals surface area (Å²) >= 11 is 0. The van der Waals surface area contributed by atoms with Gasteiger partial charge in [-0.2, -0.15) is 0 Å². The lowest BCUT2D eigenvalue weighted by Crippen LogP contribution is -2.16. The Labute approximate surface area is 106 Å². The van der Waals surface area contributed by atoms with Gasteiger partial charge in [-0.25, -0.2) is 4.79 Å². The number of nitrogens with one attached hydrogen (secondary N) is 1. The summed E-state index contributed by atoms with van der Waals surface area (Å²) < 4.78 is 0. The highest BCUT2D eigenvalue weighted by molar-refractivity contribution is 5.92. The zero-order valence-electron chi connectivity index (χ0n) is 10.3. The van der Waals surface area contributed by atoms with Gasteiger partial charge in [0.15, 0.2) is 0 Å². The average Bonchev–Trinajstić information content (AvgIpc) is 2.29. The quantitative estimate of drug-likeness (QED) is 0.718. The summed E-state index contributed by atoms with van der Waals surface area (Å²) in [5.74, 6) is -1.07. The van der Waals surface area contributed by atoms with Crippen LogP contribution >= 0.6 is 0 Å². The number of carboxylic acid groups (broad SMARTS) is 1. The second kappa shape index (κ2) is 6.76. The largest absolute Gasteiger partial charge is 0.478 e. The van der Waals surface area contributed by atoms with Crippen molar-refractivity contribution in [3.05, 3.63) is 29.8 Å². The molecule has 0 spiro atoms. The van der Waals surface area contributed by atoms with Crippen molar-refractivity contribution in [1.82, 2.24) is 0 Å². The molecule has 1 atom stereocenters. The number of carboxylic acids is 1. The van der Waals surface area contributed by atoms with Crippen LogP contribution in [0.4, 0.5) is 5.69 Å². The van der Waals surface area contributed by atoms with Crippen LogP contribution in [-0.2, 0) is 4.79 Å². The van der Waals surface area contributed by atoms with E-state index < -0.39 is 5.97 Å². The van der Waals surface area contributed by atoms with Crippen molar-refractivity contribution in [3.63, 3.8) is 0 Å². The van der Waals surface area contributed by atoms with Crippen LogP contribution in [0.2, 0.25) is 0 Å². The van der Waals surface area contributed by atoms with E-state index in [4.69, 9.17) is 10.8 Å². The first kappa shape index (κ1) is 14.2. The summed E-state index contributed by atoms with van der Waals surface area (Å²) in [4.78, 5) is 22.2. The summed E-state index contributed by atoms with van der Waals surface area (Å²) in [6.07, 6.45) is 1.98. The van der Waals surface area contributed by atoms with Gasteiger partial charge < -0.3 is 16.2 Å². The molecule has 1 unspecified atom stereocenters. The standard InChI is InChI=1S/C13H18N2O3/c1-9(14)3-2-4-12(16)15-11-7-5-10(6-8-11)13(17)18/h5-9H,2-4,14H2,1H3,(H,15,16)(H,17,18). The van der Waals surface area contributed by atoms with Gasteiger partial charge in [0.05, 0.1) is 5.56 Å². The third-order valence-electron chi connectivity index (χ3n) is 2.48. The Bertz CT molecular complexity index is 413. The first-order chi connectivity index (χ1) is 8.49. The second-order valence-corrected chi connectivity index (χ2v) is 4.30. The first-order valence-corrected chi connectivity index (χ1v) is 5.88. The monoisotopic (exact) mass is 250 g/mol. The topological polar surface area (TPSA) is 92.4 Å². The highest BCUT2D eigenvalue weighted by atomic mass is 16.4. The van der Waals surface area contributed by atoms with Gasteiger partial charge in [0, 0.05) is 18.2 Å². The molecule has 0 fully saturated rings. The molecule has 98 valence electrons. The number of anilines is 1. The van der Waals surface area contributed by atoms with E-state index >= 15 is 0 Å². The van der Waals surface area contributed by atoms with Crippen LogP contribution in [0.5, 0.6) is 0 Å². The Morgan fingerprint density at radius 2 is 1.94 bits per heavy atom. The van der Waals surface area contributed by atoms with Crippen LogP contribution in [0.15, 0.2) is 24.3 Å². The number of carbonyl (C=O) groups excluding carboxylic acids is 1. The molecule has 0 aliphatic carbocycles. The van der Waals surface area contributed by atoms with Gasteiger partial charge in [-0.1, -0.05) is 0 Å². The van der Waals surface area contributed by atoms with Gasteiger partial charge >= 0.3 is 5.97 Å². The molecule has 0 heterocycles. The van der Waals surface area contributed by atoms with Crippen molar-refractivity contribution < 1.29 is 14.7 Å². The van der Waals surface area contributed by atoms with E-state index in [9.17, 15) is 9.59 Å². The summed E-state index contributed by atoms with van der Waals surface area (Å²) in [6.45, 7) is 1.91. The summed E-state index contributed by atoms with van der Waals surface area (Å²) in [6, 6.07) is 6.17. The van der Waals surface area contributed by atoms with Crippen molar-refractivity contribution in [2.45, 2.75) is 32.2 Å². The lowest BCUT2D eigenvalue weighted by atomic mass is 10.1. The molecule has 0 saturated carbocycles. The molecule has 0 aromatic heterocycles. The molecule has 5 nitrogen and oxygen atoms in total. The predicted octanol–water partition coefficient (Wildman–Crippen LogP) is 1.84. The molecule has 0 aliphatic heterocycles. The molecule has 0 bridgehead atoms. The number of nitrogens with two attached hydrogens (primary N) is 1. The van der Waals surface area contributed by atoms with E-state index in [0.29, 0.717) is 12.1 Å². The number of benzene rings is 1. The molecule has 1 aromatic rings. The van der Waals surface area contributed by atoms with Crippen molar-refractivity contribution >= 4 is 17.6 Å². The van der Waals surface area contributed by atoms with Crippen molar-refractivity contribution in [2.75, 3.05) is 5.32 Å². The van der Waals surface area contributed by atoms with E-state index in [2.05, 4.69) is 5.32 Å². The lowest BCUT2D eigenvalue weighted by Gasteiger charge is -2.06. The van der Waals surface area contributed by atoms with Crippen LogP contribution in [0.3, 0.4) is 0 Å². The predicted molar refractivity (Wildman–Crippen MR) is 69.5 cm³/mol. The normalized spacial score (nSPS) is 11.9. The van der Waals surface area contributed by atoms with Crippen molar-refractivity contribution in [1.29, 1.82) is 0 Å². The smallest absolute Gasteiger partial charge is 0.335 e. The Morgan fingerprint density at radius 1 is 1.33 bits per heavy atom. The van der Waals surface area contributed by atoms with Gasteiger partial charge in [-0.05, 0) is 44.0 Å². The van der Waals surface area contributed by atoms with Gasteiger partial charge in [0.25, 0.3) is 0 Å². The van der Waals surface area contributed by atoms with Crippen molar-refractivity contribution in [2.24, 2.45) is 5.73 Å². The molecule has 0 radical (unpaired) electrons. The number of amides is 1. The van der Waals surface area contributed by atoms with Crippen LogP contribution in [0, 0.1) is 0 Å². The van der Waals surface area contributed by atoms with Gasteiger partial charge in [0.1, 0.15) is 0 Å². The minimum atomic E-state index is -0.982. The van der Waals surface area contributed by atoms with E-state index in [1.807, 2.05) is 6.92 Å². The number of hydrogen-bond acceptors (Lipinski definition) is 3. The third-order valence-corrected chi connectivity index (χ3v) is 2.48. The summed E-state index contributed by atoms with van der Waals surface area (Å²) in [5, 5.41) is 11.4. The number of carbonyl (C=O) groups is 2. The van der Waals surface area contributed by atoms with Crippen molar-refractivity contribution in [3.8, 4) is 0 Å². The summed E-state index contributed by atoms with van der Waals surface area (Å²) in [7, 11) is 0. The SMILES string of the molecule is CC(N)CCCC(=O)Nc1ccc(C(=O)O)cc1. The first-order valence-electron chi connectivity index (χ1n) is 5.88. The minimum absolute atomic E-state index is 0.0845. The molecule has 1 rings (SSSR count). The minimum Gasteiger partial charge on any atom is -0.478 e. The van der Waals surface area contributed by atoms with Crippen LogP contribution in [0.25, 0.3) is 0 Å². The second-order valence-electron chi connectivity index (χ2n) is 4.30. The number of rotatable bonds is 6. The Balaban J connectivity index is 2.42. The molecular weight excluding hydrogens is 232 g/mol. The van der Waals surface area contributed by atoms with Gasteiger partial charge in [-0.15, -0.1) is 0 Å². The molecule has 0 aliphatic rings. The third kappa shape index (κ3) is 4.97. The van der Waals surface area contributed by atoms with Crippen LogP contribution in [-0.4, -0.2) is 23.0 Å². The Hall–Kier alpha value is -1.88. The van der Waals surface area contributed by atoms with Crippen LogP contribution in [0.1, 0.15) is 36.5 Å². The zero-order chi connectivity index (χ0) is 13.5. The molecule has 1 amide bonds. The molecule has 18 heavy (non-hydrogen) atoms. The highest BCUT2D eigenvalue weighted by Crippen LogP contribution is 2.10. The molecule has 4 N–H and O–H groups in total. The average molecular weight is 250 g/mol.